The van der Waals surface area contributed by atoms with Gasteiger partial charge in [0.25, 0.3) is 0 Å². The molecule has 2 fully saturated rings. The minimum Gasteiger partial charge on any atom is -0.507 e. The minimum atomic E-state index is -0.802. The highest BCUT2D eigenvalue weighted by atomic mass is 32.1. The number of likely N-dealkylation sites (tertiary alicyclic amines) is 2. The molecule has 5 aromatic rings. The summed E-state index contributed by atoms with van der Waals surface area (Å²) in [6, 6.07) is 18.2. The molecule has 2 saturated heterocycles. The summed E-state index contributed by atoms with van der Waals surface area (Å²) in [7, 11) is 1.95. The molecule has 14 nitrogen and oxygen atoms in total. The number of fused-ring (bicyclic) bond motifs is 1. The Hall–Kier alpha value is -5.38. The van der Waals surface area contributed by atoms with Crippen LogP contribution < -0.4 is 15.5 Å². The fourth-order valence-corrected chi connectivity index (χ4v) is 9.01. The van der Waals surface area contributed by atoms with Gasteiger partial charge in [-0.25, -0.2) is 4.98 Å². The predicted octanol–water partition coefficient (Wildman–Crippen LogP) is 4.45. The van der Waals surface area contributed by atoms with E-state index in [-0.39, 0.29) is 42.0 Å². The Kier molecular flexibility index (Phi) is 10.2. The lowest BCUT2D eigenvalue weighted by atomic mass is 9.86. The Morgan fingerprint density at radius 3 is 2.64 bits per heavy atom. The molecule has 8 rings (SSSR count). The van der Waals surface area contributed by atoms with Crippen LogP contribution in [-0.4, -0.2) is 110 Å². The van der Waals surface area contributed by atoms with E-state index in [9.17, 15) is 19.8 Å². The molecule has 0 saturated carbocycles. The minimum absolute atomic E-state index is 0.0750. The molecule has 15 heteroatoms. The highest BCUT2D eigenvalue weighted by molar-refractivity contribution is 7.13. The third kappa shape index (κ3) is 7.45. The molecule has 1 spiro atoms. The van der Waals surface area contributed by atoms with Crippen molar-refractivity contribution in [1.82, 2.24) is 35.5 Å². The number of hydrogen-bond donors (Lipinski definition) is 4. The van der Waals surface area contributed by atoms with Gasteiger partial charge >= 0.3 is 0 Å². The average Bonchev–Trinajstić information content (AvgIpc) is 3.98. The number of aliphatic hydroxyl groups excluding tert-OH is 1. The molecular weight excluding hydrogens is 731 g/mol. The van der Waals surface area contributed by atoms with Crippen LogP contribution >= 0.6 is 11.3 Å². The Morgan fingerprint density at radius 1 is 1.12 bits per heavy atom. The molecule has 1 unspecified atom stereocenters. The summed E-state index contributed by atoms with van der Waals surface area (Å²) in [5.74, 6) is 0.659. The van der Waals surface area contributed by atoms with Crippen molar-refractivity contribution in [1.29, 1.82) is 0 Å². The van der Waals surface area contributed by atoms with Gasteiger partial charge in [0.15, 0.2) is 17.4 Å². The zero-order chi connectivity index (χ0) is 39.1. The van der Waals surface area contributed by atoms with E-state index in [1.807, 2.05) is 86.8 Å². The largest absolute Gasteiger partial charge is 0.507 e. The Morgan fingerprint density at radius 2 is 1.91 bits per heavy atom. The zero-order valence-corrected chi connectivity index (χ0v) is 32.8. The van der Waals surface area contributed by atoms with E-state index < -0.39 is 18.1 Å². The van der Waals surface area contributed by atoms with Crippen LogP contribution in [0.15, 0.2) is 70.7 Å². The van der Waals surface area contributed by atoms with E-state index in [0.717, 1.165) is 59.1 Å². The van der Waals surface area contributed by atoms with Gasteiger partial charge in [-0.05, 0) is 42.2 Å². The number of phenolic OH excluding ortho intramolecular Hbond substituents is 1. The van der Waals surface area contributed by atoms with E-state index in [2.05, 4.69) is 35.9 Å². The number of β-amino-alcohol motifs (C(OH)–C–C–N with tert-alkyl or cyclic N) is 1. The topological polar surface area (TPSA) is 173 Å². The van der Waals surface area contributed by atoms with Crippen molar-refractivity contribution in [3.8, 4) is 27.4 Å². The van der Waals surface area contributed by atoms with Crippen LogP contribution in [0, 0.1) is 12.8 Å². The fraction of sp³-hybridized carbons (Fsp3) is 0.415. The summed E-state index contributed by atoms with van der Waals surface area (Å²) >= 11 is 1.59. The number of para-hydroxylation sites is 1. The van der Waals surface area contributed by atoms with Gasteiger partial charge in [0.2, 0.25) is 11.8 Å². The lowest BCUT2D eigenvalue weighted by molar-refractivity contribution is -0.141. The number of aliphatic hydroxyl groups is 1. The molecule has 0 bridgehead atoms. The molecule has 2 aromatic carbocycles. The van der Waals surface area contributed by atoms with Crippen molar-refractivity contribution in [2.75, 3.05) is 50.0 Å². The number of anilines is 2. The number of carbonyl (C=O) groups excluding carboxylic acids is 2. The number of nitrogens with one attached hydrogen (secondary N) is 2. The van der Waals surface area contributed by atoms with Gasteiger partial charge in [0.05, 0.1) is 33.4 Å². The Bertz CT molecular complexity index is 2220. The number of amides is 2. The summed E-state index contributed by atoms with van der Waals surface area (Å²) in [5.41, 5.74) is 7.15. The van der Waals surface area contributed by atoms with Crippen molar-refractivity contribution in [3.63, 3.8) is 0 Å². The number of nitrogens with zero attached hydrogens (tertiary/aromatic N) is 7. The molecule has 56 heavy (non-hydrogen) atoms. The summed E-state index contributed by atoms with van der Waals surface area (Å²) < 4.78 is 5.81. The standard InChI is InChI=1S/C41H47N9O5S/c1-24(2)36(40(54)50-20-29(51)16-32(50)39(53)42-19-26-9-11-27(12-10-26)37-25(3)43-23-56-37)34-17-35(47-55-34)48(4)13-14-49-21-41(22-49)18-28-15-31(45-46-38(28)44-41)30-7-5-6-8-33(30)52/h5-12,15,17,23-24,29,32,36,51-52H,13-14,16,18-22H2,1-4H3,(H,42,53)(H,44,46)/t29-,32+,36?/m1/s1. The molecule has 0 radical (unpaired) electrons. The Labute approximate surface area is 329 Å². The second-order valence-corrected chi connectivity index (χ2v) is 16.6. The maximum Gasteiger partial charge on any atom is 0.243 e. The smallest absolute Gasteiger partial charge is 0.243 e. The number of carbonyl (C=O) groups is 2. The van der Waals surface area contributed by atoms with Crippen LogP contribution in [0.3, 0.4) is 0 Å². The van der Waals surface area contributed by atoms with E-state index in [0.29, 0.717) is 35.9 Å². The number of phenols is 1. The number of likely N-dealkylation sites (N-methyl/N-ethyl adjacent to an activating group) is 1. The molecule has 3 aliphatic heterocycles. The number of hydrogen-bond acceptors (Lipinski definition) is 13. The van der Waals surface area contributed by atoms with Crippen LogP contribution in [-0.2, 0) is 22.6 Å². The van der Waals surface area contributed by atoms with Gasteiger partial charge in [-0.3, -0.25) is 14.5 Å². The summed E-state index contributed by atoms with van der Waals surface area (Å²) in [4.78, 5) is 39.0. The normalized spacial score (nSPS) is 19.1. The van der Waals surface area contributed by atoms with Crippen molar-refractivity contribution >= 4 is 34.8 Å². The van der Waals surface area contributed by atoms with E-state index in [1.165, 1.54) is 4.90 Å². The van der Waals surface area contributed by atoms with Gasteiger partial charge in [-0.1, -0.05) is 55.4 Å². The van der Waals surface area contributed by atoms with Crippen molar-refractivity contribution < 1.29 is 24.3 Å². The SMILES string of the molecule is Cc1ncsc1-c1ccc(CNC(=O)[C@@H]2C[C@@H](O)CN2C(=O)C(c2cc(N(C)CCN3CC4(Cc5cc(-c6ccccc6O)nnc5N4)C3)no2)C(C)C)cc1. The van der Waals surface area contributed by atoms with Crippen LogP contribution in [0.1, 0.15) is 48.8 Å². The second kappa shape index (κ2) is 15.3. The summed E-state index contributed by atoms with van der Waals surface area (Å²) in [6.07, 6.45) is 0.202. The first-order valence-corrected chi connectivity index (χ1v) is 19.9. The zero-order valence-electron chi connectivity index (χ0n) is 32.0. The van der Waals surface area contributed by atoms with Crippen LogP contribution in [0.4, 0.5) is 11.6 Å². The number of aryl methyl sites for hydroxylation is 1. The lowest BCUT2D eigenvalue weighted by Crippen LogP contribution is -2.66. The van der Waals surface area contributed by atoms with Gasteiger partial charge in [-0.2, -0.15) is 0 Å². The molecule has 3 aliphatic rings. The highest BCUT2D eigenvalue weighted by Gasteiger charge is 2.48. The molecule has 2 amide bonds. The molecular formula is C41H47N9O5S. The van der Waals surface area contributed by atoms with Crippen LogP contribution in [0.25, 0.3) is 21.7 Å². The maximum absolute atomic E-state index is 14.1. The lowest BCUT2D eigenvalue weighted by Gasteiger charge is -2.48. The van der Waals surface area contributed by atoms with Crippen LogP contribution in [0.5, 0.6) is 5.75 Å². The van der Waals surface area contributed by atoms with E-state index >= 15 is 0 Å². The molecule has 3 aromatic heterocycles. The van der Waals surface area contributed by atoms with Gasteiger partial charge in [-0.15, -0.1) is 21.5 Å². The Balaban J connectivity index is 0.846. The molecule has 292 valence electrons. The highest BCUT2D eigenvalue weighted by Crippen LogP contribution is 2.39. The van der Waals surface area contributed by atoms with Gasteiger partial charge in [0.1, 0.15) is 17.7 Å². The van der Waals surface area contributed by atoms with Crippen molar-refractivity contribution in [2.45, 2.75) is 63.8 Å². The first kappa shape index (κ1) is 37.5. The number of thiazole rings is 1. The van der Waals surface area contributed by atoms with Crippen molar-refractivity contribution in [2.24, 2.45) is 5.92 Å². The van der Waals surface area contributed by atoms with E-state index in [1.54, 1.807) is 23.5 Å². The monoisotopic (exact) mass is 777 g/mol. The number of aromatic hydroxyl groups is 1. The predicted molar refractivity (Wildman–Crippen MR) is 213 cm³/mol. The molecule has 4 N–H and O–H groups in total. The number of benzene rings is 2. The number of aromatic nitrogens is 4. The quantitative estimate of drug-likeness (QED) is 0.141. The van der Waals surface area contributed by atoms with Crippen molar-refractivity contribution in [3.05, 3.63) is 88.8 Å². The molecule has 6 heterocycles. The number of rotatable bonds is 12. The van der Waals surface area contributed by atoms with Gasteiger partial charge in [0, 0.05) is 76.4 Å². The summed E-state index contributed by atoms with van der Waals surface area (Å²) in [5, 5.41) is 40.6. The average molecular weight is 778 g/mol. The summed E-state index contributed by atoms with van der Waals surface area (Å²) in [6.45, 7) is 9.46. The first-order chi connectivity index (χ1) is 27.0. The molecule has 0 aliphatic carbocycles. The fourth-order valence-electron chi connectivity index (χ4n) is 8.20. The maximum atomic E-state index is 14.1. The van der Waals surface area contributed by atoms with Crippen LogP contribution in [0.2, 0.25) is 0 Å². The third-order valence-corrected chi connectivity index (χ3v) is 12.2. The van der Waals surface area contributed by atoms with E-state index in [4.69, 9.17) is 4.52 Å². The molecule has 3 atom stereocenters. The first-order valence-electron chi connectivity index (χ1n) is 19.1. The second-order valence-electron chi connectivity index (χ2n) is 15.7. The van der Waals surface area contributed by atoms with Gasteiger partial charge < -0.3 is 35.2 Å². The third-order valence-electron chi connectivity index (χ3n) is 11.2.